The Morgan fingerprint density at radius 3 is 2.26 bits per heavy atom. The molecule has 0 heterocycles. The normalized spacial score (nSPS) is 13.7. The van der Waals surface area contributed by atoms with Gasteiger partial charge in [-0.1, -0.05) is 11.6 Å². The SMILES string of the molecule is COC(=O)CC(C(=O)c1ccc(Cl)cc1)C(C)OC. The number of Topliss-reactive ketones (excluding diaryl/α,β-unsaturated/α-hetero) is 1. The van der Waals surface area contributed by atoms with E-state index in [-0.39, 0.29) is 18.3 Å². The number of esters is 1. The van der Waals surface area contributed by atoms with Crippen LogP contribution in [0, 0.1) is 5.92 Å². The molecule has 104 valence electrons. The molecule has 0 fully saturated rings. The maximum atomic E-state index is 12.4. The standard InChI is InChI=1S/C14H17ClO4/c1-9(18-2)12(8-13(16)19-3)14(17)10-4-6-11(15)7-5-10/h4-7,9,12H,8H2,1-3H3. The molecule has 0 saturated carbocycles. The summed E-state index contributed by atoms with van der Waals surface area (Å²) >= 11 is 5.78. The van der Waals surface area contributed by atoms with E-state index in [1.807, 2.05) is 0 Å². The van der Waals surface area contributed by atoms with Crippen LogP contribution in [0.2, 0.25) is 5.02 Å². The summed E-state index contributed by atoms with van der Waals surface area (Å²) in [5.74, 6) is -1.16. The Hall–Kier alpha value is -1.39. The summed E-state index contributed by atoms with van der Waals surface area (Å²) in [6.45, 7) is 1.75. The van der Waals surface area contributed by atoms with Gasteiger partial charge in [0.25, 0.3) is 0 Å². The Kier molecular flexibility index (Phi) is 5.99. The van der Waals surface area contributed by atoms with E-state index in [0.29, 0.717) is 10.6 Å². The summed E-state index contributed by atoms with van der Waals surface area (Å²) in [6.07, 6.45) is -0.380. The van der Waals surface area contributed by atoms with Crippen LogP contribution in [-0.2, 0) is 14.3 Å². The Morgan fingerprint density at radius 1 is 1.21 bits per heavy atom. The van der Waals surface area contributed by atoms with Gasteiger partial charge in [0.15, 0.2) is 5.78 Å². The van der Waals surface area contributed by atoms with E-state index in [1.165, 1.54) is 14.2 Å². The van der Waals surface area contributed by atoms with Gasteiger partial charge in [-0.25, -0.2) is 0 Å². The highest BCUT2D eigenvalue weighted by Crippen LogP contribution is 2.20. The first-order chi connectivity index (χ1) is 8.99. The molecule has 0 spiro atoms. The van der Waals surface area contributed by atoms with Crippen molar-refractivity contribution in [2.75, 3.05) is 14.2 Å². The van der Waals surface area contributed by atoms with E-state index in [1.54, 1.807) is 31.2 Å². The van der Waals surface area contributed by atoms with E-state index in [4.69, 9.17) is 16.3 Å². The van der Waals surface area contributed by atoms with Crippen LogP contribution in [-0.4, -0.2) is 32.1 Å². The second-order valence-corrected chi connectivity index (χ2v) is 4.64. The summed E-state index contributed by atoms with van der Waals surface area (Å²) in [5, 5.41) is 0.556. The number of rotatable bonds is 6. The lowest BCUT2D eigenvalue weighted by molar-refractivity contribution is -0.142. The lowest BCUT2D eigenvalue weighted by atomic mass is 9.90. The highest BCUT2D eigenvalue weighted by Gasteiger charge is 2.29. The van der Waals surface area contributed by atoms with Crippen molar-refractivity contribution in [2.45, 2.75) is 19.4 Å². The van der Waals surface area contributed by atoms with Crippen LogP contribution in [0.3, 0.4) is 0 Å². The summed E-state index contributed by atoms with van der Waals surface area (Å²) in [7, 11) is 2.80. The minimum atomic E-state index is -0.571. The maximum Gasteiger partial charge on any atom is 0.306 e. The smallest absolute Gasteiger partial charge is 0.306 e. The number of ketones is 1. The molecule has 0 radical (unpaired) electrons. The molecule has 1 aromatic rings. The number of methoxy groups -OCH3 is 2. The van der Waals surface area contributed by atoms with E-state index in [9.17, 15) is 9.59 Å². The van der Waals surface area contributed by atoms with Crippen molar-refractivity contribution in [2.24, 2.45) is 5.92 Å². The predicted octanol–water partition coefficient (Wildman–Crippen LogP) is 2.74. The summed E-state index contributed by atoms with van der Waals surface area (Å²) in [4.78, 5) is 23.8. The van der Waals surface area contributed by atoms with Crippen LogP contribution < -0.4 is 0 Å². The molecule has 1 rings (SSSR count). The van der Waals surface area contributed by atoms with Gasteiger partial charge in [-0.05, 0) is 31.2 Å². The minimum Gasteiger partial charge on any atom is -0.469 e. The first-order valence-electron chi connectivity index (χ1n) is 5.89. The first-order valence-corrected chi connectivity index (χ1v) is 6.26. The fourth-order valence-electron chi connectivity index (χ4n) is 1.73. The molecule has 4 nitrogen and oxygen atoms in total. The zero-order valence-electron chi connectivity index (χ0n) is 11.2. The topological polar surface area (TPSA) is 52.6 Å². The van der Waals surface area contributed by atoms with Gasteiger partial charge in [0.05, 0.1) is 25.6 Å². The summed E-state index contributed by atoms with van der Waals surface area (Å²) < 4.78 is 9.78. The number of hydrogen-bond acceptors (Lipinski definition) is 4. The molecule has 0 aromatic heterocycles. The van der Waals surface area contributed by atoms with Crippen molar-refractivity contribution in [1.29, 1.82) is 0 Å². The third kappa shape index (κ3) is 4.33. The van der Waals surface area contributed by atoms with Crippen LogP contribution in [0.15, 0.2) is 24.3 Å². The summed E-state index contributed by atoms with van der Waals surface area (Å²) in [6, 6.07) is 6.55. The zero-order chi connectivity index (χ0) is 14.4. The minimum absolute atomic E-state index is 0.00698. The van der Waals surface area contributed by atoms with Crippen molar-refractivity contribution >= 4 is 23.4 Å². The molecule has 0 aliphatic rings. The van der Waals surface area contributed by atoms with E-state index < -0.39 is 11.9 Å². The lowest BCUT2D eigenvalue weighted by Crippen LogP contribution is -2.30. The highest BCUT2D eigenvalue weighted by molar-refractivity contribution is 6.30. The molecule has 0 saturated heterocycles. The summed E-state index contributed by atoms with van der Waals surface area (Å²) in [5.41, 5.74) is 0.502. The molecule has 0 amide bonds. The van der Waals surface area contributed by atoms with Gasteiger partial charge in [-0.2, -0.15) is 0 Å². The number of benzene rings is 1. The third-order valence-electron chi connectivity index (χ3n) is 3.02. The molecule has 2 unspecified atom stereocenters. The lowest BCUT2D eigenvalue weighted by Gasteiger charge is -2.20. The van der Waals surface area contributed by atoms with Crippen molar-refractivity contribution < 1.29 is 19.1 Å². The molecule has 0 aliphatic carbocycles. The average Bonchev–Trinajstić information content (AvgIpc) is 2.43. The second-order valence-electron chi connectivity index (χ2n) is 4.20. The van der Waals surface area contributed by atoms with Gasteiger partial charge >= 0.3 is 5.97 Å². The molecular weight excluding hydrogens is 268 g/mol. The van der Waals surface area contributed by atoms with E-state index in [2.05, 4.69) is 4.74 Å². The predicted molar refractivity (Wildman–Crippen MR) is 72.4 cm³/mol. The first kappa shape index (κ1) is 15.7. The Balaban J connectivity index is 2.93. The fraction of sp³-hybridized carbons (Fsp3) is 0.429. The van der Waals surface area contributed by atoms with E-state index >= 15 is 0 Å². The molecule has 1 aromatic carbocycles. The Bertz CT molecular complexity index is 441. The van der Waals surface area contributed by atoms with Crippen LogP contribution in [0.1, 0.15) is 23.7 Å². The van der Waals surface area contributed by atoms with Crippen molar-refractivity contribution in [3.63, 3.8) is 0 Å². The number of hydrogen-bond donors (Lipinski definition) is 0. The van der Waals surface area contributed by atoms with Gasteiger partial charge in [0.1, 0.15) is 0 Å². The van der Waals surface area contributed by atoms with Gasteiger partial charge in [-0.3, -0.25) is 9.59 Å². The molecule has 5 heteroatoms. The van der Waals surface area contributed by atoms with E-state index in [0.717, 1.165) is 0 Å². The monoisotopic (exact) mass is 284 g/mol. The molecule has 0 bridgehead atoms. The number of carbonyl (C=O) groups excluding carboxylic acids is 2. The average molecular weight is 285 g/mol. The largest absolute Gasteiger partial charge is 0.469 e. The number of ether oxygens (including phenoxy) is 2. The number of halogens is 1. The van der Waals surface area contributed by atoms with Gasteiger partial charge in [0, 0.05) is 17.7 Å². The molecule has 0 N–H and O–H groups in total. The number of carbonyl (C=O) groups is 2. The van der Waals surface area contributed by atoms with Crippen LogP contribution in [0.25, 0.3) is 0 Å². The Labute approximate surface area is 117 Å². The Morgan fingerprint density at radius 2 is 1.79 bits per heavy atom. The van der Waals surface area contributed by atoms with Crippen LogP contribution >= 0.6 is 11.6 Å². The van der Waals surface area contributed by atoms with Crippen LogP contribution in [0.5, 0.6) is 0 Å². The van der Waals surface area contributed by atoms with Crippen molar-refractivity contribution in [3.8, 4) is 0 Å². The van der Waals surface area contributed by atoms with Gasteiger partial charge in [0.2, 0.25) is 0 Å². The van der Waals surface area contributed by atoms with Crippen molar-refractivity contribution in [1.82, 2.24) is 0 Å². The van der Waals surface area contributed by atoms with Crippen LogP contribution in [0.4, 0.5) is 0 Å². The zero-order valence-corrected chi connectivity index (χ0v) is 11.9. The van der Waals surface area contributed by atoms with Gasteiger partial charge in [-0.15, -0.1) is 0 Å². The molecule has 2 atom stereocenters. The van der Waals surface area contributed by atoms with Gasteiger partial charge < -0.3 is 9.47 Å². The fourth-order valence-corrected chi connectivity index (χ4v) is 1.85. The molecule has 19 heavy (non-hydrogen) atoms. The van der Waals surface area contributed by atoms with Crippen molar-refractivity contribution in [3.05, 3.63) is 34.9 Å². The molecule has 0 aliphatic heterocycles. The highest BCUT2D eigenvalue weighted by atomic mass is 35.5. The third-order valence-corrected chi connectivity index (χ3v) is 3.27. The quantitative estimate of drug-likeness (QED) is 0.595. The molecular formula is C14H17ClO4. The second kappa shape index (κ2) is 7.26. The maximum absolute atomic E-state index is 12.4.